The van der Waals surface area contributed by atoms with E-state index in [9.17, 15) is 0 Å². The molecule has 0 bridgehead atoms. The van der Waals surface area contributed by atoms with Crippen molar-refractivity contribution in [3.8, 4) is 6.07 Å². The fourth-order valence-corrected chi connectivity index (χ4v) is 1.22. The molecular formula is C8H14N2. The fraction of sp³-hybridized carbons (Fsp3) is 0.875. The molecule has 2 heteroatoms. The Balaban J connectivity index is 2.29. The van der Waals surface area contributed by atoms with Crippen molar-refractivity contribution >= 4 is 0 Å². The van der Waals surface area contributed by atoms with Crippen molar-refractivity contribution in [1.82, 2.24) is 5.32 Å². The van der Waals surface area contributed by atoms with Crippen LogP contribution < -0.4 is 5.32 Å². The molecular weight excluding hydrogens is 124 g/mol. The van der Waals surface area contributed by atoms with Crippen LogP contribution in [0.25, 0.3) is 0 Å². The first-order chi connectivity index (χ1) is 4.67. The zero-order valence-electron chi connectivity index (χ0n) is 6.65. The van der Waals surface area contributed by atoms with E-state index in [2.05, 4.69) is 25.2 Å². The van der Waals surface area contributed by atoms with Crippen LogP contribution in [0.4, 0.5) is 0 Å². The van der Waals surface area contributed by atoms with Gasteiger partial charge < -0.3 is 0 Å². The van der Waals surface area contributed by atoms with E-state index in [1.54, 1.807) is 0 Å². The van der Waals surface area contributed by atoms with E-state index in [4.69, 9.17) is 5.26 Å². The van der Waals surface area contributed by atoms with Gasteiger partial charge in [0.2, 0.25) is 0 Å². The molecule has 0 unspecified atom stereocenters. The first kappa shape index (κ1) is 7.56. The van der Waals surface area contributed by atoms with Gasteiger partial charge in [0.1, 0.15) is 0 Å². The summed E-state index contributed by atoms with van der Waals surface area (Å²) in [5.41, 5.74) is 0.190. The molecule has 0 aromatic heterocycles. The van der Waals surface area contributed by atoms with E-state index in [1.165, 1.54) is 12.8 Å². The molecule has 1 saturated carbocycles. The standard InChI is InChI=1S/C8H14N2/c1-8(2,7-3-4-7)10-6-5-9/h7,10H,3-4,6H2,1-2H3. The van der Waals surface area contributed by atoms with Gasteiger partial charge in [-0.2, -0.15) is 5.26 Å². The summed E-state index contributed by atoms with van der Waals surface area (Å²) >= 11 is 0. The van der Waals surface area contributed by atoms with E-state index in [0.29, 0.717) is 6.54 Å². The van der Waals surface area contributed by atoms with Crippen molar-refractivity contribution < 1.29 is 0 Å². The number of nitrogens with zero attached hydrogens (tertiary/aromatic N) is 1. The molecule has 0 radical (unpaired) electrons. The van der Waals surface area contributed by atoms with Crippen molar-refractivity contribution in [3.63, 3.8) is 0 Å². The maximum Gasteiger partial charge on any atom is 0.0845 e. The second-order valence-electron chi connectivity index (χ2n) is 3.51. The van der Waals surface area contributed by atoms with Gasteiger partial charge in [0, 0.05) is 5.54 Å². The van der Waals surface area contributed by atoms with Gasteiger partial charge in [-0.3, -0.25) is 5.32 Å². The van der Waals surface area contributed by atoms with Gasteiger partial charge in [-0.05, 0) is 32.6 Å². The van der Waals surface area contributed by atoms with Gasteiger partial charge in [-0.15, -0.1) is 0 Å². The Hall–Kier alpha value is -0.550. The number of hydrogen-bond donors (Lipinski definition) is 1. The second kappa shape index (κ2) is 2.59. The van der Waals surface area contributed by atoms with Crippen LogP contribution in [0, 0.1) is 17.2 Å². The highest BCUT2D eigenvalue weighted by molar-refractivity contribution is 4.96. The van der Waals surface area contributed by atoms with E-state index >= 15 is 0 Å². The quantitative estimate of drug-likeness (QED) is 0.596. The highest BCUT2D eigenvalue weighted by Crippen LogP contribution is 2.38. The van der Waals surface area contributed by atoms with E-state index in [-0.39, 0.29) is 5.54 Å². The zero-order chi connectivity index (χ0) is 7.61. The summed E-state index contributed by atoms with van der Waals surface area (Å²) in [5, 5.41) is 11.5. The van der Waals surface area contributed by atoms with Gasteiger partial charge in [0.15, 0.2) is 0 Å². The minimum atomic E-state index is 0.190. The van der Waals surface area contributed by atoms with Crippen molar-refractivity contribution in [3.05, 3.63) is 0 Å². The summed E-state index contributed by atoms with van der Waals surface area (Å²) in [6.45, 7) is 4.81. The lowest BCUT2D eigenvalue weighted by atomic mass is 9.99. The molecule has 56 valence electrons. The molecule has 0 aliphatic heterocycles. The topological polar surface area (TPSA) is 35.8 Å². The molecule has 1 fully saturated rings. The van der Waals surface area contributed by atoms with Crippen LogP contribution in [-0.2, 0) is 0 Å². The molecule has 0 amide bonds. The van der Waals surface area contributed by atoms with Crippen LogP contribution in [0.2, 0.25) is 0 Å². The molecule has 0 heterocycles. The first-order valence-corrected chi connectivity index (χ1v) is 3.79. The highest BCUT2D eigenvalue weighted by atomic mass is 15.0. The summed E-state index contributed by atoms with van der Waals surface area (Å²) in [6.07, 6.45) is 2.65. The third kappa shape index (κ3) is 1.71. The van der Waals surface area contributed by atoms with Gasteiger partial charge in [0.05, 0.1) is 12.6 Å². The third-order valence-corrected chi connectivity index (χ3v) is 2.22. The van der Waals surface area contributed by atoms with Crippen LogP contribution >= 0.6 is 0 Å². The van der Waals surface area contributed by atoms with Crippen LogP contribution in [0.1, 0.15) is 26.7 Å². The van der Waals surface area contributed by atoms with Gasteiger partial charge in [0.25, 0.3) is 0 Å². The highest BCUT2D eigenvalue weighted by Gasteiger charge is 2.36. The van der Waals surface area contributed by atoms with Crippen molar-refractivity contribution in [2.24, 2.45) is 5.92 Å². The lowest BCUT2D eigenvalue weighted by Crippen LogP contribution is -2.41. The number of nitrogens with one attached hydrogen (secondary N) is 1. The fourth-order valence-electron chi connectivity index (χ4n) is 1.22. The largest absolute Gasteiger partial charge is 0.299 e. The van der Waals surface area contributed by atoms with E-state index in [0.717, 1.165) is 5.92 Å². The lowest BCUT2D eigenvalue weighted by molar-refractivity contribution is 0.358. The lowest BCUT2D eigenvalue weighted by Gasteiger charge is -2.24. The van der Waals surface area contributed by atoms with E-state index in [1.807, 2.05) is 0 Å². The van der Waals surface area contributed by atoms with Crippen LogP contribution in [-0.4, -0.2) is 12.1 Å². The molecule has 0 spiro atoms. The molecule has 2 nitrogen and oxygen atoms in total. The SMILES string of the molecule is CC(C)(NCC#N)C1CC1. The molecule has 10 heavy (non-hydrogen) atoms. The molecule has 0 saturated heterocycles. The predicted octanol–water partition coefficient (Wildman–Crippen LogP) is 1.29. The normalized spacial score (nSPS) is 18.5. The minimum Gasteiger partial charge on any atom is -0.299 e. The summed E-state index contributed by atoms with van der Waals surface area (Å²) in [6, 6.07) is 2.10. The predicted molar refractivity (Wildman–Crippen MR) is 40.4 cm³/mol. The smallest absolute Gasteiger partial charge is 0.0845 e. The maximum absolute atomic E-state index is 8.32. The number of hydrogen-bond acceptors (Lipinski definition) is 2. The average Bonchev–Trinajstić information content (AvgIpc) is 2.64. The molecule has 1 rings (SSSR count). The van der Waals surface area contributed by atoms with Crippen molar-refractivity contribution in [2.75, 3.05) is 6.54 Å². The van der Waals surface area contributed by atoms with Gasteiger partial charge >= 0.3 is 0 Å². The molecule has 0 aromatic carbocycles. The minimum absolute atomic E-state index is 0.190. The summed E-state index contributed by atoms with van der Waals surface area (Å²) in [7, 11) is 0. The molecule has 1 N–H and O–H groups in total. The maximum atomic E-state index is 8.32. The summed E-state index contributed by atoms with van der Waals surface area (Å²) in [4.78, 5) is 0. The Morgan fingerprint density at radius 2 is 2.20 bits per heavy atom. The zero-order valence-corrected chi connectivity index (χ0v) is 6.65. The Kier molecular flexibility index (Phi) is 1.96. The van der Waals surface area contributed by atoms with Crippen LogP contribution in [0.3, 0.4) is 0 Å². The molecule has 0 aromatic rings. The second-order valence-corrected chi connectivity index (χ2v) is 3.51. The van der Waals surface area contributed by atoms with Gasteiger partial charge in [-0.25, -0.2) is 0 Å². The van der Waals surface area contributed by atoms with Crippen LogP contribution in [0.15, 0.2) is 0 Å². The summed E-state index contributed by atoms with van der Waals surface area (Å²) < 4.78 is 0. The Morgan fingerprint density at radius 1 is 1.60 bits per heavy atom. The van der Waals surface area contributed by atoms with Gasteiger partial charge in [-0.1, -0.05) is 0 Å². The molecule has 0 atom stereocenters. The van der Waals surface area contributed by atoms with E-state index < -0.39 is 0 Å². The average molecular weight is 138 g/mol. The third-order valence-electron chi connectivity index (χ3n) is 2.22. The molecule has 1 aliphatic carbocycles. The first-order valence-electron chi connectivity index (χ1n) is 3.79. The van der Waals surface area contributed by atoms with Crippen molar-refractivity contribution in [2.45, 2.75) is 32.2 Å². The number of nitriles is 1. The monoisotopic (exact) mass is 138 g/mol. The molecule has 1 aliphatic rings. The Morgan fingerprint density at radius 3 is 2.60 bits per heavy atom. The van der Waals surface area contributed by atoms with Crippen molar-refractivity contribution in [1.29, 1.82) is 5.26 Å². The Bertz CT molecular complexity index is 151. The van der Waals surface area contributed by atoms with Crippen LogP contribution in [0.5, 0.6) is 0 Å². The Labute approximate surface area is 62.2 Å². The number of rotatable bonds is 3. The summed E-state index contributed by atoms with van der Waals surface area (Å²) in [5.74, 6) is 0.806.